The van der Waals surface area contributed by atoms with Gasteiger partial charge in [0, 0.05) is 42.4 Å². The fraction of sp³-hybridized carbons (Fsp3) is 0.444. The summed E-state index contributed by atoms with van der Waals surface area (Å²) in [6.45, 7) is 1.82. The minimum Gasteiger partial charge on any atom is -0.508 e. The van der Waals surface area contributed by atoms with Crippen LogP contribution in [0.1, 0.15) is 37.7 Å². The number of phenols is 1. The summed E-state index contributed by atoms with van der Waals surface area (Å²) in [6, 6.07) is 8.38. The number of anilines is 1. The first-order valence-electron chi connectivity index (χ1n) is 16.2. The molecule has 0 unspecified atom stereocenters. The van der Waals surface area contributed by atoms with E-state index in [0.29, 0.717) is 42.6 Å². The first-order chi connectivity index (χ1) is 23.0. The van der Waals surface area contributed by atoms with Crippen molar-refractivity contribution in [1.29, 1.82) is 0 Å². The highest BCUT2D eigenvalue weighted by Gasteiger charge is 2.53. The summed E-state index contributed by atoms with van der Waals surface area (Å²) in [5, 5.41) is 22.0. The maximum Gasteiger partial charge on any atom is 0.319 e. The molecule has 2 N–H and O–H groups in total. The van der Waals surface area contributed by atoms with Crippen LogP contribution in [-0.2, 0) is 0 Å². The molecule has 12 heteroatoms. The van der Waals surface area contributed by atoms with E-state index in [4.69, 9.17) is 16.1 Å². The van der Waals surface area contributed by atoms with E-state index in [-0.39, 0.29) is 70.6 Å². The number of aliphatic hydroxyl groups is 1. The molecule has 4 aromatic rings. The van der Waals surface area contributed by atoms with E-state index in [9.17, 15) is 27.8 Å². The van der Waals surface area contributed by atoms with Crippen molar-refractivity contribution >= 4 is 27.5 Å². The lowest BCUT2D eigenvalue weighted by atomic mass is 9.93. The van der Waals surface area contributed by atoms with Crippen molar-refractivity contribution in [2.45, 2.75) is 55.8 Å². The molecule has 0 amide bonds. The molecule has 0 radical (unpaired) electrons. The van der Waals surface area contributed by atoms with Crippen molar-refractivity contribution in [3.05, 3.63) is 53.6 Å². The molecule has 4 aliphatic rings. The Hall–Kier alpha value is -4.21. The number of phenolic OH excluding ortho intramolecular Hbond substituents is 1. The van der Waals surface area contributed by atoms with E-state index in [1.165, 1.54) is 30.3 Å². The Balaban J connectivity index is 1.24. The number of aromatic nitrogens is 2. The van der Waals surface area contributed by atoms with Gasteiger partial charge >= 0.3 is 6.01 Å². The predicted molar refractivity (Wildman–Crippen MR) is 170 cm³/mol. The van der Waals surface area contributed by atoms with Crippen LogP contribution in [0, 0.1) is 35.8 Å². The number of benzene rings is 3. The second-order valence-corrected chi connectivity index (χ2v) is 13.9. The number of nitrogens with zero attached hydrogens (tertiary/aromatic N) is 4. The highest BCUT2D eigenvalue weighted by Crippen LogP contribution is 2.49. The van der Waals surface area contributed by atoms with Gasteiger partial charge in [0.25, 0.3) is 6.43 Å². The van der Waals surface area contributed by atoms with E-state index in [2.05, 4.69) is 15.8 Å². The van der Waals surface area contributed by atoms with Crippen molar-refractivity contribution in [2.75, 3.05) is 37.7 Å². The number of ether oxygens (including phenoxy) is 1. The van der Waals surface area contributed by atoms with Crippen LogP contribution < -0.4 is 9.64 Å². The number of hydrogen-bond donors (Lipinski definition) is 2. The van der Waals surface area contributed by atoms with Crippen molar-refractivity contribution in [1.82, 2.24) is 14.9 Å². The highest BCUT2D eigenvalue weighted by molar-refractivity contribution is 6.04. The minimum atomic E-state index is -2.85. The summed E-state index contributed by atoms with van der Waals surface area (Å²) in [7, 11) is 0. The van der Waals surface area contributed by atoms with Crippen molar-refractivity contribution < 1.29 is 36.9 Å². The van der Waals surface area contributed by atoms with E-state index in [1.54, 1.807) is 6.07 Å². The summed E-state index contributed by atoms with van der Waals surface area (Å²) in [5.41, 5.74) is -2.55. The average molecular weight is 665 g/mol. The molecule has 8 rings (SSSR count). The van der Waals surface area contributed by atoms with Gasteiger partial charge in [0.2, 0.25) is 0 Å². The third-order valence-corrected chi connectivity index (χ3v) is 11.0. The average Bonchev–Trinajstić information content (AvgIpc) is 3.78. The van der Waals surface area contributed by atoms with Crippen molar-refractivity contribution in [2.24, 2.45) is 11.8 Å². The molecule has 1 aliphatic carbocycles. The van der Waals surface area contributed by atoms with Crippen LogP contribution >= 0.6 is 0 Å². The zero-order valence-corrected chi connectivity index (χ0v) is 25.9. The van der Waals surface area contributed by atoms with Gasteiger partial charge in [-0.05, 0) is 79.3 Å². The van der Waals surface area contributed by atoms with Gasteiger partial charge in [0.05, 0.1) is 11.1 Å². The first-order valence-corrected chi connectivity index (χ1v) is 16.2. The highest BCUT2D eigenvalue weighted by atomic mass is 19.3. The van der Waals surface area contributed by atoms with Crippen LogP contribution in [0.2, 0.25) is 0 Å². The Bertz CT molecular complexity index is 1990. The van der Waals surface area contributed by atoms with Crippen LogP contribution in [0.3, 0.4) is 0 Å². The molecule has 3 aromatic carbocycles. The number of fused-ring (bicyclic) bond motifs is 4. The van der Waals surface area contributed by atoms with Crippen molar-refractivity contribution in [3.63, 3.8) is 0 Å². The smallest absolute Gasteiger partial charge is 0.319 e. The summed E-state index contributed by atoms with van der Waals surface area (Å²) in [6.07, 6.45) is 3.68. The normalized spacial score (nSPS) is 28.5. The predicted octanol–water partition coefficient (Wildman–Crippen LogP) is 6.21. The molecule has 48 heavy (non-hydrogen) atoms. The lowest BCUT2D eigenvalue weighted by Crippen LogP contribution is -2.43. The van der Waals surface area contributed by atoms with Crippen LogP contribution in [0.5, 0.6) is 11.8 Å². The monoisotopic (exact) mass is 664 g/mol. The van der Waals surface area contributed by atoms with Crippen LogP contribution in [-0.4, -0.2) is 81.6 Å². The third-order valence-electron chi connectivity index (χ3n) is 11.0. The topological polar surface area (TPSA) is 82.0 Å². The standard InChI is InChI=1S/C36H33F5N4O3/c1-2-24-28(38)7-4-19-10-23(46)11-27(29(19)24)25-5-6-26-31(30(25)39)42-34(48-18-35-8-3-9-45(35)17-22(37)14-35)43-32(26)44-15-20-12-36(47,33(40)41)13-21(20)16-44/h1,4-7,10-11,20-22,33,46-47H,3,8-9,12-18H2/t20-,21+,22-,35+,36-/m1/s1. The third kappa shape index (κ3) is 4.85. The molecule has 0 bridgehead atoms. The lowest BCUT2D eigenvalue weighted by Gasteiger charge is -2.31. The van der Waals surface area contributed by atoms with Crippen LogP contribution in [0.4, 0.5) is 27.8 Å². The summed E-state index contributed by atoms with van der Waals surface area (Å²) < 4.78 is 79.6. The number of terminal acetylenes is 1. The van der Waals surface area contributed by atoms with Crippen LogP contribution in [0.25, 0.3) is 32.8 Å². The number of aromatic hydroxyl groups is 1. The summed E-state index contributed by atoms with van der Waals surface area (Å²) >= 11 is 0. The van der Waals surface area contributed by atoms with Gasteiger partial charge in [-0.1, -0.05) is 18.1 Å². The molecule has 4 fully saturated rings. The Labute approximate surface area is 273 Å². The SMILES string of the molecule is C#Cc1c(F)ccc2cc(O)cc(-c3ccc4c(N5C[C@@H]6C[C@@](O)(C(F)F)C[C@@H]6C5)nc(OC[C@@]56CCCN5C[C@H](F)C6)nc4c3F)c12. The Morgan fingerprint density at radius 3 is 2.52 bits per heavy atom. The molecular weight excluding hydrogens is 631 g/mol. The zero-order chi connectivity index (χ0) is 33.5. The lowest BCUT2D eigenvalue weighted by molar-refractivity contribution is -0.0947. The van der Waals surface area contributed by atoms with Gasteiger partial charge in [0.15, 0.2) is 5.82 Å². The Kier molecular flexibility index (Phi) is 7.23. The number of rotatable bonds is 6. The molecule has 250 valence electrons. The molecule has 5 atom stereocenters. The molecule has 1 aromatic heterocycles. The summed E-state index contributed by atoms with van der Waals surface area (Å²) in [5.74, 6) is 0.642. The number of halogens is 5. The molecule has 3 saturated heterocycles. The number of alkyl halides is 3. The van der Waals surface area contributed by atoms with E-state index >= 15 is 4.39 Å². The molecule has 1 saturated carbocycles. The first kappa shape index (κ1) is 31.1. The molecule has 3 aliphatic heterocycles. The zero-order valence-electron chi connectivity index (χ0n) is 25.9. The van der Waals surface area contributed by atoms with Gasteiger partial charge < -0.3 is 19.8 Å². The maximum atomic E-state index is 16.9. The fourth-order valence-corrected chi connectivity index (χ4v) is 8.81. The van der Waals surface area contributed by atoms with E-state index < -0.39 is 35.4 Å². The largest absolute Gasteiger partial charge is 0.508 e. The van der Waals surface area contributed by atoms with E-state index in [1.807, 2.05) is 4.90 Å². The Morgan fingerprint density at radius 1 is 1.02 bits per heavy atom. The number of hydrogen-bond acceptors (Lipinski definition) is 7. The van der Waals surface area contributed by atoms with E-state index in [0.717, 1.165) is 19.4 Å². The van der Waals surface area contributed by atoms with Crippen molar-refractivity contribution in [3.8, 4) is 35.2 Å². The fourth-order valence-electron chi connectivity index (χ4n) is 8.81. The van der Waals surface area contributed by atoms with Gasteiger partial charge in [-0.3, -0.25) is 4.90 Å². The second-order valence-electron chi connectivity index (χ2n) is 13.9. The molecule has 4 heterocycles. The Morgan fingerprint density at radius 2 is 1.79 bits per heavy atom. The van der Waals surface area contributed by atoms with Gasteiger partial charge in [0.1, 0.15) is 41.3 Å². The molecular formula is C36H33F5N4O3. The molecule has 0 spiro atoms. The molecule has 7 nitrogen and oxygen atoms in total. The van der Waals surface area contributed by atoms with Gasteiger partial charge in [-0.15, -0.1) is 6.42 Å². The maximum absolute atomic E-state index is 16.9. The quantitative estimate of drug-likeness (QED) is 0.187. The summed E-state index contributed by atoms with van der Waals surface area (Å²) in [4.78, 5) is 13.2. The van der Waals surface area contributed by atoms with Crippen LogP contribution in [0.15, 0.2) is 36.4 Å². The minimum absolute atomic E-state index is 0.0121. The van der Waals surface area contributed by atoms with Gasteiger partial charge in [-0.2, -0.15) is 9.97 Å². The second kappa shape index (κ2) is 11.2. The van der Waals surface area contributed by atoms with Gasteiger partial charge in [-0.25, -0.2) is 22.0 Å².